The molecule has 8 heteroatoms. The van der Waals surface area contributed by atoms with Gasteiger partial charge in [0.15, 0.2) is 0 Å². The van der Waals surface area contributed by atoms with Crippen molar-refractivity contribution in [1.29, 1.82) is 0 Å². The molecule has 0 aliphatic rings. The highest BCUT2D eigenvalue weighted by Gasteiger charge is 2.15. The number of anilines is 1. The number of aromatic nitrogens is 1. The molecule has 28 heavy (non-hydrogen) atoms. The molecule has 0 fully saturated rings. The van der Waals surface area contributed by atoms with Gasteiger partial charge in [-0.05, 0) is 48.5 Å². The molecule has 0 bridgehead atoms. The van der Waals surface area contributed by atoms with E-state index in [-0.39, 0.29) is 17.3 Å². The number of nitrogens with zero attached hydrogens (tertiary/aromatic N) is 1. The maximum absolute atomic E-state index is 12.4. The molecule has 2 aromatic carbocycles. The third kappa shape index (κ3) is 4.93. The second-order valence-electron chi connectivity index (χ2n) is 5.86. The molecule has 3 aromatic rings. The molecule has 0 aliphatic heterocycles. The molecule has 0 radical (unpaired) electrons. The van der Waals surface area contributed by atoms with Gasteiger partial charge >= 0.3 is 0 Å². The maximum atomic E-state index is 12.4. The topological polar surface area (TPSA) is 97.4 Å². The fraction of sp³-hybridized carbons (Fsp3) is 0.100. The Hall–Kier alpha value is -3.23. The van der Waals surface area contributed by atoms with E-state index < -0.39 is 10.0 Å². The second kappa shape index (κ2) is 8.64. The van der Waals surface area contributed by atoms with Crippen LogP contribution in [0.5, 0.6) is 5.75 Å². The third-order valence-electron chi connectivity index (χ3n) is 3.92. The molecule has 0 spiro atoms. The number of amides is 1. The van der Waals surface area contributed by atoms with Gasteiger partial charge in [0.05, 0.1) is 24.2 Å². The van der Waals surface area contributed by atoms with Gasteiger partial charge in [-0.1, -0.05) is 12.1 Å². The monoisotopic (exact) mass is 397 g/mol. The lowest BCUT2D eigenvalue weighted by atomic mass is 10.2. The summed E-state index contributed by atoms with van der Waals surface area (Å²) < 4.78 is 32.4. The van der Waals surface area contributed by atoms with Crippen molar-refractivity contribution in [2.24, 2.45) is 0 Å². The Morgan fingerprint density at radius 2 is 1.82 bits per heavy atom. The van der Waals surface area contributed by atoms with Crippen molar-refractivity contribution in [2.75, 3.05) is 12.4 Å². The van der Waals surface area contributed by atoms with Crippen LogP contribution in [-0.2, 0) is 16.6 Å². The molecule has 0 aliphatic carbocycles. The van der Waals surface area contributed by atoms with Crippen molar-refractivity contribution in [3.8, 4) is 5.75 Å². The van der Waals surface area contributed by atoms with Gasteiger partial charge in [-0.3, -0.25) is 9.78 Å². The highest BCUT2D eigenvalue weighted by molar-refractivity contribution is 7.89. The van der Waals surface area contributed by atoms with Gasteiger partial charge in [0, 0.05) is 23.5 Å². The summed E-state index contributed by atoms with van der Waals surface area (Å²) in [5, 5.41) is 2.75. The lowest BCUT2D eigenvalue weighted by molar-refractivity contribution is 0.102. The van der Waals surface area contributed by atoms with Gasteiger partial charge in [0.2, 0.25) is 10.0 Å². The Labute approximate surface area is 163 Å². The summed E-state index contributed by atoms with van der Waals surface area (Å²) in [7, 11) is -2.16. The zero-order chi connectivity index (χ0) is 20.0. The first-order valence-electron chi connectivity index (χ1n) is 8.43. The number of hydrogen-bond acceptors (Lipinski definition) is 5. The second-order valence-corrected chi connectivity index (χ2v) is 7.62. The molecule has 0 unspecified atom stereocenters. The number of hydrogen-bond donors (Lipinski definition) is 2. The summed E-state index contributed by atoms with van der Waals surface area (Å²) >= 11 is 0. The lowest BCUT2D eigenvalue weighted by Gasteiger charge is -2.09. The van der Waals surface area contributed by atoms with Gasteiger partial charge in [0.1, 0.15) is 5.75 Å². The first kappa shape index (κ1) is 19.5. The predicted octanol–water partition coefficient (Wildman–Crippen LogP) is 2.82. The number of nitrogens with one attached hydrogen (secondary N) is 2. The molecule has 2 N–H and O–H groups in total. The minimum absolute atomic E-state index is 0.0707. The molecule has 1 amide bonds. The Balaban J connectivity index is 1.67. The minimum Gasteiger partial charge on any atom is -0.497 e. The molecule has 0 saturated carbocycles. The standard InChI is InChI=1S/C20H19N3O4S/c1-27-18-7-4-6-16(13-18)23-20(24)15-8-10-19(11-9-15)28(25,26)22-14-17-5-2-3-12-21-17/h2-13,22H,14H2,1H3,(H,23,24). The van der Waals surface area contributed by atoms with Crippen molar-refractivity contribution in [2.45, 2.75) is 11.4 Å². The first-order valence-corrected chi connectivity index (χ1v) is 9.91. The zero-order valence-electron chi connectivity index (χ0n) is 15.1. The highest BCUT2D eigenvalue weighted by Crippen LogP contribution is 2.18. The fourth-order valence-corrected chi connectivity index (χ4v) is 3.44. The molecule has 1 heterocycles. The smallest absolute Gasteiger partial charge is 0.255 e. The van der Waals surface area contributed by atoms with Crippen molar-refractivity contribution < 1.29 is 17.9 Å². The van der Waals surface area contributed by atoms with Crippen LogP contribution in [-0.4, -0.2) is 26.4 Å². The van der Waals surface area contributed by atoms with E-state index in [1.165, 1.54) is 24.3 Å². The van der Waals surface area contributed by atoms with Crippen molar-refractivity contribution in [1.82, 2.24) is 9.71 Å². The Kier molecular flexibility index (Phi) is 6.03. The van der Waals surface area contributed by atoms with E-state index >= 15 is 0 Å². The summed E-state index contributed by atoms with van der Waals surface area (Å²) in [6.45, 7) is 0.0846. The number of carbonyl (C=O) groups excluding carboxylic acids is 1. The SMILES string of the molecule is COc1cccc(NC(=O)c2ccc(S(=O)(=O)NCc3ccccn3)cc2)c1. The van der Waals surface area contributed by atoms with Crippen LogP contribution < -0.4 is 14.8 Å². The molecular formula is C20H19N3O4S. The molecule has 3 rings (SSSR count). The van der Waals surface area contributed by atoms with Crippen molar-refractivity contribution in [3.05, 3.63) is 84.2 Å². The van der Waals surface area contributed by atoms with Crippen LogP contribution in [0.1, 0.15) is 16.1 Å². The Morgan fingerprint density at radius 1 is 1.04 bits per heavy atom. The van der Waals surface area contributed by atoms with Crippen LogP contribution in [0.2, 0.25) is 0 Å². The van der Waals surface area contributed by atoms with E-state index in [1.54, 1.807) is 55.8 Å². The predicted molar refractivity (Wildman–Crippen MR) is 106 cm³/mol. The summed E-state index contributed by atoms with van der Waals surface area (Å²) in [6.07, 6.45) is 1.60. The van der Waals surface area contributed by atoms with Crippen molar-refractivity contribution >= 4 is 21.6 Å². The highest BCUT2D eigenvalue weighted by atomic mass is 32.2. The van der Waals surface area contributed by atoms with Crippen LogP contribution in [0.4, 0.5) is 5.69 Å². The van der Waals surface area contributed by atoms with Crippen LogP contribution in [0, 0.1) is 0 Å². The number of sulfonamides is 1. The molecule has 1 aromatic heterocycles. The van der Waals surface area contributed by atoms with Crippen molar-refractivity contribution in [3.63, 3.8) is 0 Å². The molecule has 144 valence electrons. The summed E-state index contributed by atoms with van der Waals surface area (Å²) in [5.41, 5.74) is 1.53. The fourth-order valence-electron chi connectivity index (χ4n) is 2.44. The molecule has 0 atom stereocenters. The average Bonchev–Trinajstić information content (AvgIpc) is 2.73. The summed E-state index contributed by atoms with van der Waals surface area (Å²) in [4.78, 5) is 16.5. The largest absolute Gasteiger partial charge is 0.497 e. The maximum Gasteiger partial charge on any atom is 0.255 e. The molecule has 7 nitrogen and oxygen atoms in total. The Bertz CT molecular complexity index is 1050. The number of methoxy groups -OCH3 is 1. The number of carbonyl (C=O) groups is 1. The molecular weight excluding hydrogens is 378 g/mol. The van der Waals surface area contributed by atoms with E-state index in [2.05, 4.69) is 15.0 Å². The van der Waals surface area contributed by atoms with Crippen LogP contribution in [0.25, 0.3) is 0 Å². The average molecular weight is 397 g/mol. The van der Waals surface area contributed by atoms with E-state index in [1.807, 2.05) is 0 Å². The van der Waals surface area contributed by atoms with E-state index in [0.717, 1.165) is 0 Å². The normalized spacial score (nSPS) is 11.0. The summed E-state index contributed by atoms with van der Waals surface area (Å²) in [6, 6.07) is 17.9. The van der Waals surface area contributed by atoms with Gasteiger partial charge < -0.3 is 10.1 Å². The quantitative estimate of drug-likeness (QED) is 0.639. The number of ether oxygens (including phenoxy) is 1. The minimum atomic E-state index is -3.71. The third-order valence-corrected chi connectivity index (χ3v) is 5.34. The van der Waals surface area contributed by atoms with E-state index in [4.69, 9.17) is 4.74 Å². The number of benzene rings is 2. The van der Waals surface area contributed by atoms with Crippen LogP contribution in [0.15, 0.2) is 77.8 Å². The Morgan fingerprint density at radius 3 is 2.50 bits per heavy atom. The van der Waals surface area contributed by atoms with E-state index in [9.17, 15) is 13.2 Å². The lowest BCUT2D eigenvalue weighted by Crippen LogP contribution is -2.23. The van der Waals surface area contributed by atoms with E-state index in [0.29, 0.717) is 22.7 Å². The van der Waals surface area contributed by atoms with Gasteiger partial charge in [-0.2, -0.15) is 0 Å². The zero-order valence-corrected chi connectivity index (χ0v) is 15.9. The van der Waals surface area contributed by atoms with Gasteiger partial charge in [-0.15, -0.1) is 0 Å². The number of rotatable bonds is 7. The first-order chi connectivity index (χ1) is 13.5. The molecule has 0 saturated heterocycles. The summed E-state index contributed by atoms with van der Waals surface area (Å²) in [5.74, 6) is 0.275. The van der Waals surface area contributed by atoms with Crippen LogP contribution in [0.3, 0.4) is 0 Å². The van der Waals surface area contributed by atoms with Gasteiger partial charge in [-0.25, -0.2) is 13.1 Å². The van der Waals surface area contributed by atoms with Crippen LogP contribution >= 0.6 is 0 Å². The number of pyridine rings is 1. The van der Waals surface area contributed by atoms with Gasteiger partial charge in [0.25, 0.3) is 5.91 Å².